The van der Waals surface area contributed by atoms with E-state index in [1.165, 1.54) is 24.3 Å². The molecule has 0 aromatic heterocycles. The lowest BCUT2D eigenvalue weighted by atomic mass is 10.2. The molecule has 0 aliphatic heterocycles. The summed E-state index contributed by atoms with van der Waals surface area (Å²) >= 11 is 0. The number of rotatable bonds is 5. The fraction of sp³-hybridized carbons (Fsp3) is 0.188. The zero-order valence-electron chi connectivity index (χ0n) is 12.4. The van der Waals surface area contributed by atoms with Gasteiger partial charge in [-0.15, -0.1) is 0 Å². The summed E-state index contributed by atoms with van der Waals surface area (Å²) in [5, 5.41) is 2.29. The normalized spacial score (nSPS) is 14.4. The Labute approximate surface area is 137 Å². The number of sulfonamides is 1. The van der Waals surface area contributed by atoms with E-state index in [0.717, 1.165) is 25.0 Å². The number of hydrogen-bond acceptors (Lipinski definition) is 3. The SMILES string of the molecule is O=C(Nc1ccc(F)cc1F)c1cccc(S(=O)(=O)NC2CC2)c1. The maximum atomic E-state index is 13.6. The predicted molar refractivity (Wildman–Crippen MR) is 84.1 cm³/mol. The molecule has 2 aromatic carbocycles. The van der Waals surface area contributed by atoms with Gasteiger partial charge < -0.3 is 5.32 Å². The van der Waals surface area contributed by atoms with E-state index in [1.54, 1.807) is 0 Å². The van der Waals surface area contributed by atoms with Gasteiger partial charge in [-0.25, -0.2) is 21.9 Å². The Kier molecular flexibility index (Phi) is 4.33. The van der Waals surface area contributed by atoms with E-state index in [4.69, 9.17) is 0 Å². The molecular weight excluding hydrogens is 338 g/mol. The Morgan fingerprint density at radius 3 is 2.50 bits per heavy atom. The molecule has 1 fully saturated rings. The van der Waals surface area contributed by atoms with Gasteiger partial charge in [-0.1, -0.05) is 6.07 Å². The average molecular weight is 352 g/mol. The first-order valence-corrected chi connectivity index (χ1v) is 8.72. The third kappa shape index (κ3) is 3.77. The van der Waals surface area contributed by atoms with Crippen molar-refractivity contribution in [2.45, 2.75) is 23.8 Å². The number of nitrogens with one attached hydrogen (secondary N) is 2. The summed E-state index contributed by atoms with van der Waals surface area (Å²) in [6.07, 6.45) is 1.59. The first-order valence-electron chi connectivity index (χ1n) is 7.24. The molecule has 0 saturated heterocycles. The highest BCUT2D eigenvalue weighted by Crippen LogP contribution is 2.23. The van der Waals surface area contributed by atoms with Crippen LogP contribution in [0.1, 0.15) is 23.2 Å². The van der Waals surface area contributed by atoms with Crippen molar-refractivity contribution in [2.75, 3.05) is 5.32 Å². The van der Waals surface area contributed by atoms with Gasteiger partial charge in [0.05, 0.1) is 10.6 Å². The van der Waals surface area contributed by atoms with Gasteiger partial charge in [0.1, 0.15) is 11.6 Å². The summed E-state index contributed by atoms with van der Waals surface area (Å²) in [5.74, 6) is -2.36. The van der Waals surface area contributed by atoms with E-state index in [-0.39, 0.29) is 22.2 Å². The molecule has 0 atom stereocenters. The van der Waals surface area contributed by atoms with Crippen LogP contribution in [0.25, 0.3) is 0 Å². The highest BCUT2D eigenvalue weighted by Gasteiger charge is 2.28. The molecular formula is C16H14F2N2O3S. The zero-order valence-corrected chi connectivity index (χ0v) is 13.2. The lowest BCUT2D eigenvalue weighted by molar-refractivity contribution is 0.102. The first-order chi connectivity index (χ1) is 11.3. The average Bonchev–Trinajstić information content (AvgIpc) is 3.33. The Morgan fingerprint density at radius 1 is 1.08 bits per heavy atom. The molecule has 2 N–H and O–H groups in total. The molecule has 24 heavy (non-hydrogen) atoms. The minimum Gasteiger partial charge on any atom is -0.319 e. The molecule has 0 radical (unpaired) electrons. The number of carbonyl (C=O) groups excluding carboxylic acids is 1. The van der Waals surface area contributed by atoms with Gasteiger partial charge in [-0.05, 0) is 43.2 Å². The maximum Gasteiger partial charge on any atom is 0.255 e. The van der Waals surface area contributed by atoms with E-state index >= 15 is 0 Å². The zero-order chi connectivity index (χ0) is 17.3. The van der Waals surface area contributed by atoms with Crippen LogP contribution in [-0.2, 0) is 10.0 Å². The Hall–Kier alpha value is -2.32. The monoisotopic (exact) mass is 352 g/mol. The van der Waals surface area contributed by atoms with Crippen molar-refractivity contribution in [3.05, 3.63) is 59.7 Å². The molecule has 2 aromatic rings. The van der Waals surface area contributed by atoms with Gasteiger partial charge in [0, 0.05) is 17.7 Å². The van der Waals surface area contributed by atoms with Crippen LogP contribution in [0.3, 0.4) is 0 Å². The standard InChI is InChI=1S/C16H14F2N2O3S/c17-11-4-7-15(14(18)9-11)19-16(21)10-2-1-3-13(8-10)24(22,23)20-12-5-6-12/h1-4,7-9,12,20H,5-6H2,(H,19,21). The van der Waals surface area contributed by atoms with E-state index in [0.29, 0.717) is 6.07 Å². The summed E-state index contributed by atoms with van der Waals surface area (Å²) in [6, 6.07) is 8.12. The van der Waals surface area contributed by atoms with Crippen molar-refractivity contribution in [1.82, 2.24) is 4.72 Å². The largest absolute Gasteiger partial charge is 0.319 e. The highest BCUT2D eigenvalue weighted by molar-refractivity contribution is 7.89. The van der Waals surface area contributed by atoms with Crippen molar-refractivity contribution in [3.8, 4) is 0 Å². The lowest BCUT2D eigenvalue weighted by Crippen LogP contribution is -2.26. The molecule has 8 heteroatoms. The number of benzene rings is 2. The van der Waals surface area contributed by atoms with E-state index in [9.17, 15) is 22.0 Å². The van der Waals surface area contributed by atoms with Crippen molar-refractivity contribution >= 4 is 21.6 Å². The van der Waals surface area contributed by atoms with Crippen LogP contribution >= 0.6 is 0 Å². The fourth-order valence-corrected chi connectivity index (χ4v) is 3.43. The second-order valence-corrected chi connectivity index (χ2v) is 7.22. The highest BCUT2D eigenvalue weighted by atomic mass is 32.2. The molecule has 3 rings (SSSR count). The first kappa shape index (κ1) is 16.5. The number of amides is 1. The summed E-state index contributed by atoms with van der Waals surface area (Å²) in [7, 11) is -3.69. The topological polar surface area (TPSA) is 75.3 Å². The third-order valence-corrected chi connectivity index (χ3v) is 5.00. The van der Waals surface area contributed by atoms with Crippen molar-refractivity contribution in [3.63, 3.8) is 0 Å². The summed E-state index contributed by atoms with van der Waals surface area (Å²) in [6.45, 7) is 0. The Bertz CT molecular complexity index is 896. The van der Waals surface area contributed by atoms with Crippen LogP contribution in [0, 0.1) is 11.6 Å². The maximum absolute atomic E-state index is 13.6. The third-order valence-electron chi connectivity index (χ3n) is 3.49. The van der Waals surface area contributed by atoms with Gasteiger partial charge >= 0.3 is 0 Å². The van der Waals surface area contributed by atoms with Gasteiger partial charge in [0.2, 0.25) is 10.0 Å². The van der Waals surface area contributed by atoms with E-state index in [2.05, 4.69) is 10.0 Å². The minimum atomic E-state index is -3.69. The van der Waals surface area contributed by atoms with Crippen LogP contribution in [-0.4, -0.2) is 20.4 Å². The van der Waals surface area contributed by atoms with E-state index in [1.807, 2.05) is 0 Å². The molecule has 0 heterocycles. The van der Waals surface area contributed by atoms with Crippen LogP contribution in [0.2, 0.25) is 0 Å². The van der Waals surface area contributed by atoms with E-state index < -0.39 is 27.6 Å². The molecule has 0 spiro atoms. The Morgan fingerprint density at radius 2 is 1.83 bits per heavy atom. The predicted octanol–water partition coefficient (Wildman–Crippen LogP) is 2.66. The van der Waals surface area contributed by atoms with Crippen molar-refractivity contribution in [1.29, 1.82) is 0 Å². The number of anilines is 1. The second-order valence-electron chi connectivity index (χ2n) is 5.50. The second kappa shape index (κ2) is 6.29. The summed E-state index contributed by atoms with van der Waals surface area (Å²) < 4.78 is 53.3. The number of hydrogen-bond donors (Lipinski definition) is 2. The van der Waals surface area contributed by atoms with Gasteiger partial charge in [-0.2, -0.15) is 0 Å². The molecule has 5 nitrogen and oxygen atoms in total. The van der Waals surface area contributed by atoms with Crippen LogP contribution < -0.4 is 10.0 Å². The summed E-state index contributed by atoms with van der Waals surface area (Å²) in [5.41, 5.74) is -0.136. The number of carbonyl (C=O) groups is 1. The van der Waals surface area contributed by atoms with Crippen LogP contribution in [0.5, 0.6) is 0 Å². The summed E-state index contributed by atoms with van der Waals surface area (Å²) in [4.78, 5) is 12.1. The quantitative estimate of drug-likeness (QED) is 0.869. The van der Waals surface area contributed by atoms with Crippen LogP contribution in [0.4, 0.5) is 14.5 Å². The van der Waals surface area contributed by atoms with Crippen LogP contribution in [0.15, 0.2) is 47.4 Å². The van der Waals surface area contributed by atoms with Gasteiger partial charge in [0.15, 0.2) is 0 Å². The molecule has 0 unspecified atom stereocenters. The number of halogens is 2. The van der Waals surface area contributed by atoms with Crippen molar-refractivity contribution < 1.29 is 22.0 Å². The molecule has 1 aliphatic rings. The molecule has 1 amide bonds. The Balaban J connectivity index is 1.81. The molecule has 126 valence electrons. The minimum absolute atomic E-state index is 0.0402. The van der Waals surface area contributed by atoms with Gasteiger partial charge in [-0.3, -0.25) is 4.79 Å². The molecule has 1 saturated carbocycles. The van der Waals surface area contributed by atoms with Crippen molar-refractivity contribution in [2.24, 2.45) is 0 Å². The van der Waals surface area contributed by atoms with Gasteiger partial charge in [0.25, 0.3) is 5.91 Å². The molecule has 1 aliphatic carbocycles. The smallest absolute Gasteiger partial charge is 0.255 e. The fourth-order valence-electron chi connectivity index (χ4n) is 2.08. The lowest BCUT2D eigenvalue weighted by Gasteiger charge is -2.09. The molecule has 0 bridgehead atoms.